The van der Waals surface area contributed by atoms with E-state index in [4.69, 9.17) is 5.73 Å². The molecule has 0 aromatic heterocycles. The van der Waals surface area contributed by atoms with Crippen molar-refractivity contribution in [2.75, 3.05) is 13.7 Å². The largest absolute Gasteiger partial charge is 0.446 e. The minimum Gasteiger partial charge on any atom is -0.446 e. The van der Waals surface area contributed by atoms with Gasteiger partial charge < -0.3 is 10.5 Å². The zero-order valence-electron chi connectivity index (χ0n) is 6.79. The average molecular weight is 162 g/mol. The Morgan fingerprint density at radius 3 is 2.82 bits per heavy atom. The molecule has 0 saturated heterocycles. The Kier molecular flexibility index (Phi) is 5.50. The summed E-state index contributed by atoms with van der Waals surface area (Å²) in [5.41, 5.74) is 7.48. The Balaban J connectivity index is 3.30. The van der Waals surface area contributed by atoms with Gasteiger partial charge in [0.25, 0.3) is 0 Å². The zero-order chi connectivity index (χ0) is 8.69. The first-order valence-corrected chi connectivity index (χ1v) is 3.42. The van der Waals surface area contributed by atoms with Gasteiger partial charge in [0.2, 0.25) is 0 Å². The SMILES string of the molecule is CCC(N)COC(=O)NOC. The van der Waals surface area contributed by atoms with Crippen molar-refractivity contribution < 1.29 is 14.4 Å². The molecule has 11 heavy (non-hydrogen) atoms. The molecule has 0 rings (SSSR count). The van der Waals surface area contributed by atoms with Crippen LogP contribution in [0.5, 0.6) is 0 Å². The van der Waals surface area contributed by atoms with Crippen LogP contribution in [-0.4, -0.2) is 25.9 Å². The Labute approximate surface area is 65.8 Å². The summed E-state index contributed by atoms with van der Waals surface area (Å²) in [5, 5.41) is 0. The standard InChI is InChI=1S/C6H14N2O3/c1-3-5(7)4-11-6(9)8-10-2/h5H,3-4,7H2,1-2H3,(H,8,9). The van der Waals surface area contributed by atoms with Gasteiger partial charge >= 0.3 is 6.09 Å². The summed E-state index contributed by atoms with van der Waals surface area (Å²) in [5.74, 6) is 0. The molecular weight excluding hydrogens is 148 g/mol. The van der Waals surface area contributed by atoms with E-state index in [1.807, 2.05) is 12.4 Å². The summed E-state index contributed by atoms with van der Waals surface area (Å²) in [6.07, 6.45) is 0.164. The lowest BCUT2D eigenvalue weighted by molar-refractivity contribution is 0.0558. The van der Waals surface area contributed by atoms with E-state index in [9.17, 15) is 4.79 Å². The highest BCUT2D eigenvalue weighted by atomic mass is 16.7. The molecule has 0 radical (unpaired) electrons. The van der Waals surface area contributed by atoms with E-state index in [0.29, 0.717) is 0 Å². The quantitative estimate of drug-likeness (QED) is 0.571. The third-order valence-corrected chi connectivity index (χ3v) is 1.14. The van der Waals surface area contributed by atoms with Crippen LogP contribution < -0.4 is 11.2 Å². The van der Waals surface area contributed by atoms with Crippen LogP contribution >= 0.6 is 0 Å². The number of rotatable bonds is 4. The zero-order valence-corrected chi connectivity index (χ0v) is 6.79. The van der Waals surface area contributed by atoms with Crippen molar-refractivity contribution in [3.05, 3.63) is 0 Å². The Hall–Kier alpha value is -0.810. The molecule has 1 atom stereocenters. The highest BCUT2D eigenvalue weighted by Crippen LogP contribution is 1.87. The summed E-state index contributed by atoms with van der Waals surface area (Å²) in [6.45, 7) is 2.13. The first-order valence-electron chi connectivity index (χ1n) is 3.42. The molecular formula is C6H14N2O3. The average Bonchev–Trinajstić information content (AvgIpc) is 2.01. The normalized spacial score (nSPS) is 12.3. The van der Waals surface area contributed by atoms with Gasteiger partial charge in [0.15, 0.2) is 0 Å². The predicted octanol–water partition coefficient (Wildman–Crippen LogP) is 0.0113. The molecule has 5 nitrogen and oxygen atoms in total. The van der Waals surface area contributed by atoms with Gasteiger partial charge in [-0.05, 0) is 6.42 Å². The van der Waals surface area contributed by atoms with Crippen LogP contribution in [0.2, 0.25) is 0 Å². The van der Waals surface area contributed by atoms with Crippen molar-refractivity contribution in [1.29, 1.82) is 0 Å². The van der Waals surface area contributed by atoms with Crippen molar-refractivity contribution in [3.63, 3.8) is 0 Å². The lowest BCUT2D eigenvalue weighted by Crippen LogP contribution is -2.31. The summed E-state index contributed by atoms with van der Waals surface area (Å²) < 4.78 is 4.64. The maximum Gasteiger partial charge on any atom is 0.431 e. The molecule has 3 N–H and O–H groups in total. The van der Waals surface area contributed by atoms with E-state index >= 15 is 0 Å². The van der Waals surface area contributed by atoms with E-state index in [1.54, 1.807) is 0 Å². The summed E-state index contributed by atoms with van der Waals surface area (Å²) in [7, 11) is 1.33. The fourth-order valence-electron chi connectivity index (χ4n) is 0.413. The Morgan fingerprint density at radius 2 is 2.36 bits per heavy atom. The molecule has 0 aliphatic carbocycles. The van der Waals surface area contributed by atoms with Gasteiger partial charge in [0.1, 0.15) is 6.61 Å². The second kappa shape index (κ2) is 5.94. The van der Waals surface area contributed by atoms with Crippen LogP contribution in [0.25, 0.3) is 0 Å². The molecule has 0 saturated carbocycles. The predicted molar refractivity (Wildman–Crippen MR) is 39.8 cm³/mol. The van der Waals surface area contributed by atoms with E-state index in [2.05, 4.69) is 9.57 Å². The summed E-state index contributed by atoms with van der Waals surface area (Å²) in [6, 6.07) is -0.0994. The van der Waals surface area contributed by atoms with Crippen LogP contribution in [0, 0.1) is 0 Å². The van der Waals surface area contributed by atoms with Crippen molar-refractivity contribution >= 4 is 6.09 Å². The molecule has 0 spiro atoms. The summed E-state index contributed by atoms with van der Waals surface area (Å²) >= 11 is 0. The molecule has 1 unspecified atom stereocenters. The van der Waals surface area contributed by atoms with Crippen molar-refractivity contribution in [2.24, 2.45) is 5.73 Å². The smallest absolute Gasteiger partial charge is 0.431 e. The maximum atomic E-state index is 10.5. The molecule has 0 aromatic rings. The molecule has 0 aliphatic heterocycles. The lowest BCUT2D eigenvalue weighted by atomic mass is 10.3. The Bertz CT molecular complexity index is 118. The number of hydrogen-bond acceptors (Lipinski definition) is 4. The van der Waals surface area contributed by atoms with Gasteiger partial charge in [-0.2, -0.15) is 5.48 Å². The molecule has 0 aromatic carbocycles. The molecule has 0 heterocycles. The third-order valence-electron chi connectivity index (χ3n) is 1.14. The molecule has 66 valence electrons. The molecule has 1 amide bonds. The van der Waals surface area contributed by atoms with Gasteiger partial charge in [0, 0.05) is 6.04 Å². The van der Waals surface area contributed by atoms with Crippen LogP contribution in [-0.2, 0) is 9.57 Å². The second-order valence-corrected chi connectivity index (χ2v) is 2.07. The highest BCUT2D eigenvalue weighted by Gasteiger charge is 2.03. The molecule has 0 aliphatic rings. The van der Waals surface area contributed by atoms with Crippen LogP contribution in [0.3, 0.4) is 0 Å². The number of amides is 1. The van der Waals surface area contributed by atoms with Gasteiger partial charge in [-0.3, -0.25) is 4.84 Å². The first kappa shape index (κ1) is 10.2. The monoisotopic (exact) mass is 162 g/mol. The van der Waals surface area contributed by atoms with E-state index in [-0.39, 0.29) is 12.6 Å². The first-order chi connectivity index (χ1) is 5.20. The minimum atomic E-state index is -0.614. The minimum absolute atomic E-state index is 0.0994. The van der Waals surface area contributed by atoms with Crippen LogP contribution in [0.1, 0.15) is 13.3 Å². The number of hydroxylamine groups is 1. The van der Waals surface area contributed by atoms with Crippen molar-refractivity contribution in [1.82, 2.24) is 5.48 Å². The number of hydrogen-bond donors (Lipinski definition) is 2. The Morgan fingerprint density at radius 1 is 1.73 bits per heavy atom. The molecule has 5 heteroatoms. The highest BCUT2D eigenvalue weighted by molar-refractivity contribution is 5.65. The van der Waals surface area contributed by atoms with Gasteiger partial charge in [-0.25, -0.2) is 4.79 Å². The van der Waals surface area contributed by atoms with Gasteiger partial charge in [-0.1, -0.05) is 6.92 Å². The van der Waals surface area contributed by atoms with Gasteiger partial charge in [-0.15, -0.1) is 0 Å². The fourth-order valence-corrected chi connectivity index (χ4v) is 0.413. The fraction of sp³-hybridized carbons (Fsp3) is 0.833. The third kappa shape index (κ3) is 5.63. The van der Waals surface area contributed by atoms with Crippen LogP contribution in [0.4, 0.5) is 4.79 Å². The van der Waals surface area contributed by atoms with E-state index in [0.717, 1.165) is 6.42 Å². The maximum absolute atomic E-state index is 10.5. The van der Waals surface area contributed by atoms with Crippen molar-refractivity contribution in [3.8, 4) is 0 Å². The van der Waals surface area contributed by atoms with Crippen LogP contribution in [0.15, 0.2) is 0 Å². The van der Waals surface area contributed by atoms with E-state index < -0.39 is 6.09 Å². The number of carbonyl (C=O) groups is 1. The number of ether oxygens (including phenoxy) is 1. The number of nitrogens with two attached hydrogens (primary N) is 1. The molecule has 0 bridgehead atoms. The number of carbonyl (C=O) groups excluding carboxylic acids is 1. The van der Waals surface area contributed by atoms with Crippen molar-refractivity contribution in [2.45, 2.75) is 19.4 Å². The lowest BCUT2D eigenvalue weighted by Gasteiger charge is -2.08. The van der Waals surface area contributed by atoms with E-state index in [1.165, 1.54) is 7.11 Å². The number of nitrogens with one attached hydrogen (secondary N) is 1. The molecule has 0 fully saturated rings. The second-order valence-electron chi connectivity index (χ2n) is 2.07. The summed E-state index contributed by atoms with van der Waals surface area (Å²) in [4.78, 5) is 14.9. The van der Waals surface area contributed by atoms with Gasteiger partial charge in [0.05, 0.1) is 7.11 Å². The topological polar surface area (TPSA) is 73.6 Å².